The van der Waals surface area contributed by atoms with E-state index >= 15 is 0 Å². The third kappa shape index (κ3) is 7.01. The van der Waals surface area contributed by atoms with Crippen LogP contribution in [0.4, 0.5) is 18.4 Å². The number of aliphatic hydroxyl groups is 1. The molecule has 222 valence electrons. The van der Waals surface area contributed by atoms with Crippen LogP contribution in [0.25, 0.3) is 0 Å². The number of carbonyl (C=O) groups is 3. The zero-order chi connectivity index (χ0) is 30.3. The fourth-order valence-electron chi connectivity index (χ4n) is 4.21. The molecule has 0 spiro atoms. The summed E-state index contributed by atoms with van der Waals surface area (Å²) in [4.78, 5) is 37.4. The van der Waals surface area contributed by atoms with Crippen molar-refractivity contribution >= 4 is 18.2 Å². The molecule has 10 nitrogen and oxygen atoms in total. The fourth-order valence-corrected chi connectivity index (χ4v) is 4.21. The van der Waals surface area contributed by atoms with Crippen molar-refractivity contribution in [2.75, 3.05) is 13.5 Å². The summed E-state index contributed by atoms with van der Waals surface area (Å²) in [7, 11) is 0. The van der Waals surface area contributed by atoms with Gasteiger partial charge in [0.1, 0.15) is 37.6 Å². The summed E-state index contributed by atoms with van der Waals surface area (Å²) in [6.45, 7) is 3.05. The first-order valence-electron chi connectivity index (χ1n) is 13.0. The average molecular weight is 585 g/mol. The molecule has 5 rings (SSSR count). The quantitative estimate of drug-likeness (QED) is 0.341. The summed E-state index contributed by atoms with van der Waals surface area (Å²) in [5.41, 5.74) is 1.48. The van der Waals surface area contributed by atoms with Crippen molar-refractivity contribution in [3.05, 3.63) is 107 Å². The summed E-state index contributed by atoms with van der Waals surface area (Å²) < 4.78 is 47.4. The molecule has 0 aliphatic carbocycles. The number of cyclic esters (lactones) is 1. The van der Waals surface area contributed by atoms with Gasteiger partial charge in [0.25, 0.3) is 0 Å². The molecule has 1 unspecified atom stereocenters. The van der Waals surface area contributed by atoms with Crippen LogP contribution in [-0.2, 0) is 42.7 Å². The second-order valence-corrected chi connectivity index (χ2v) is 9.56. The van der Waals surface area contributed by atoms with Crippen LogP contribution in [0.15, 0.2) is 78.9 Å². The highest BCUT2D eigenvalue weighted by molar-refractivity contribution is 5.83. The van der Waals surface area contributed by atoms with Gasteiger partial charge < -0.3 is 24.1 Å². The Kier molecular flexibility index (Phi) is 9.71. The molecular formula is C30H30F2N2O8. The number of rotatable bonds is 5. The molecule has 2 heterocycles. The molecule has 2 saturated heterocycles. The van der Waals surface area contributed by atoms with Crippen LogP contribution in [-0.4, -0.2) is 58.6 Å². The summed E-state index contributed by atoms with van der Waals surface area (Å²) in [5, 5.41) is 10.7. The Morgan fingerprint density at radius 3 is 1.93 bits per heavy atom. The smallest absolute Gasteiger partial charge is 0.413 e. The van der Waals surface area contributed by atoms with Gasteiger partial charge in [0.05, 0.1) is 6.04 Å². The molecule has 12 heteroatoms. The number of hydrogen-bond donors (Lipinski definition) is 1. The highest BCUT2D eigenvalue weighted by Crippen LogP contribution is 2.37. The van der Waals surface area contributed by atoms with Gasteiger partial charge in [-0.3, -0.25) is 9.80 Å². The third-order valence-corrected chi connectivity index (χ3v) is 6.81. The van der Waals surface area contributed by atoms with Crippen LogP contribution >= 0.6 is 0 Å². The van der Waals surface area contributed by atoms with E-state index in [0.29, 0.717) is 6.07 Å². The molecule has 3 atom stereocenters. The molecule has 0 radical (unpaired) electrons. The Morgan fingerprint density at radius 2 is 1.43 bits per heavy atom. The number of nitrogens with zero attached hydrogens (tertiary/aromatic N) is 2. The maximum atomic E-state index is 14.0. The molecule has 42 heavy (non-hydrogen) atoms. The average Bonchev–Trinajstić information content (AvgIpc) is 3.49. The van der Waals surface area contributed by atoms with Crippen LogP contribution in [0.1, 0.15) is 30.5 Å². The van der Waals surface area contributed by atoms with Crippen LogP contribution < -0.4 is 0 Å². The van der Waals surface area contributed by atoms with Crippen molar-refractivity contribution in [2.24, 2.45) is 0 Å². The van der Waals surface area contributed by atoms with Crippen molar-refractivity contribution in [3.63, 3.8) is 0 Å². The molecule has 2 aliphatic heterocycles. The predicted octanol–water partition coefficient (Wildman–Crippen LogP) is 4.65. The maximum absolute atomic E-state index is 14.0. The summed E-state index contributed by atoms with van der Waals surface area (Å²) in [6.07, 6.45) is -1.23. The molecule has 2 amide bonds. The number of benzene rings is 3. The van der Waals surface area contributed by atoms with E-state index in [-0.39, 0.29) is 32.2 Å². The molecule has 3 aromatic rings. The highest BCUT2D eigenvalue weighted by Gasteiger charge is 2.50. The lowest BCUT2D eigenvalue weighted by molar-refractivity contribution is -0.187. The summed E-state index contributed by atoms with van der Waals surface area (Å²) in [6, 6.07) is 19.7. The number of esters is 1. The minimum atomic E-state index is -2.08. The number of hydrogen-bond acceptors (Lipinski definition) is 8. The molecule has 1 N–H and O–H groups in total. The molecule has 0 bridgehead atoms. The molecule has 0 saturated carbocycles. The number of ether oxygens (including phenoxy) is 4. The third-order valence-electron chi connectivity index (χ3n) is 6.81. The monoisotopic (exact) mass is 584 g/mol. The summed E-state index contributed by atoms with van der Waals surface area (Å²) in [5.74, 6) is -4.20. The molecule has 2 fully saturated rings. The molecular weight excluding hydrogens is 554 g/mol. The van der Waals surface area contributed by atoms with E-state index < -0.39 is 47.7 Å². The van der Waals surface area contributed by atoms with Gasteiger partial charge in [0.2, 0.25) is 5.79 Å². The van der Waals surface area contributed by atoms with E-state index in [1.165, 1.54) is 11.8 Å². The Bertz CT molecular complexity index is 1390. The molecule has 2 aliphatic rings. The van der Waals surface area contributed by atoms with Crippen LogP contribution in [0.3, 0.4) is 0 Å². The topological polar surface area (TPSA) is 115 Å². The van der Waals surface area contributed by atoms with Gasteiger partial charge in [-0.1, -0.05) is 60.7 Å². The minimum absolute atomic E-state index is 0.0341. The van der Waals surface area contributed by atoms with Gasteiger partial charge >= 0.3 is 18.2 Å². The van der Waals surface area contributed by atoms with Crippen molar-refractivity contribution < 1.29 is 47.2 Å². The van der Waals surface area contributed by atoms with Gasteiger partial charge in [-0.2, -0.15) is 0 Å². The first-order valence-corrected chi connectivity index (χ1v) is 13.0. The second kappa shape index (κ2) is 13.4. The van der Waals surface area contributed by atoms with Crippen molar-refractivity contribution in [1.29, 1.82) is 0 Å². The Hall–Kier alpha value is -4.55. The maximum Gasteiger partial charge on any atom is 0.413 e. The van der Waals surface area contributed by atoms with E-state index in [1.807, 2.05) is 48.5 Å². The normalized spacial score (nSPS) is 21.3. The van der Waals surface area contributed by atoms with Crippen LogP contribution in [0.2, 0.25) is 0 Å². The Labute approximate surface area is 241 Å². The lowest BCUT2D eigenvalue weighted by atomic mass is 9.98. The summed E-state index contributed by atoms with van der Waals surface area (Å²) >= 11 is 0. The zero-order valence-corrected chi connectivity index (χ0v) is 22.9. The number of amides is 2. The molecule has 0 aromatic heterocycles. The first-order chi connectivity index (χ1) is 20.1. The second-order valence-electron chi connectivity index (χ2n) is 9.56. The van der Waals surface area contributed by atoms with E-state index in [0.717, 1.165) is 28.2 Å². The van der Waals surface area contributed by atoms with Crippen molar-refractivity contribution in [2.45, 2.75) is 44.9 Å². The highest BCUT2D eigenvalue weighted by atomic mass is 19.1. The van der Waals surface area contributed by atoms with E-state index in [9.17, 15) is 28.3 Å². The zero-order valence-electron chi connectivity index (χ0n) is 22.9. The van der Waals surface area contributed by atoms with Crippen molar-refractivity contribution in [1.82, 2.24) is 9.80 Å². The van der Waals surface area contributed by atoms with Crippen molar-refractivity contribution in [3.8, 4) is 0 Å². The standard InChI is InChI=1S/C18H17F2NO4.C12H13NO4/c1-12-18(23,15-8-7-14(19)9-16(15)20)25-11-21(12)17(22)24-10-13-5-3-2-4-6-13;1-9-11(14)17-8-13(9)12(15)16-7-10-5-3-2-4-6-10/h2-9,12,23H,10-11H2,1H3;2-6,9H,7-8H2,1H3/t12-,18?;9-/m00/s1. The van der Waals surface area contributed by atoms with E-state index in [2.05, 4.69) is 0 Å². The van der Waals surface area contributed by atoms with E-state index in [1.54, 1.807) is 19.1 Å². The van der Waals surface area contributed by atoms with Gasteiger partial charge in [-0.25, -0.2) is 23.2 Å². The SMILES string of the molecule is C[C@@H]1N(C(=O)OCc2ccccc2)COC1(O)c1ccc(F)cc1F.C[C@H]1C(=O)OCN1C(=O)OCc1ccccc1. The number of halogens is 2. The van der Waals surface area contributed by atoms with Crippen LogP contribution in [0.5, 0.6) is 0 Å². The largest absolute Gasteiger partial charge is 0.444 e. The Balaban J connectivity index is 0.000000208. The van der Waals surface area contributed by atoms with Gasteiger partial charge in [0.15, 0.2) is 6.73 Å². The van der Waals surface area contributed by atoms with Gasteiger partial charge in [-0.15, -0.1) is 0 Å². The van der Waals surface area contributed by atoms with Crippen LogP contribution in [0, 0.1) is 11.6 Å². The van der Waals surface area contributed by atoms with E-state index in [4.69, 9.17) is 18.9 Å². The van der Waals surface area contributed by atoms with Gasteiger partial charge in [0, 0.05) is 11.6 Å². The molecule has 3 aromatic carbocycles. The minimum Gasteiger partial charge on any atom is -0.444 e. The first kappa shape index (κ1) is 30.4. The Morgan fingerprint density at radius 1 is 0.881 bits per heavy atom. The number of carbonyl (C=O) groups excluding carboxylic acids is 3. The fraction of sp³-hybridized carbons (Fsp3) is 0.300. The predicted molar refractivity (Wildman–Crippen MR) is 143 cm³/mol. The lowest BCUT2D eigenvalue weighted by Gasteiger charge is -2.28. The van der Waals surface area contributed by atoms with Gasteiger partial charge in [-0.05, 0) is 37.1 Å². The lowest BCUT2D eigenvalue weighted by Crippen LogP contribution is -2.44.